The van der Waals surface area contributed by atoms with Crippen molar-refractivity contribution >= 4 is 55.0 Å². The zero-order valence-electron chi connectivity index (χ0n) is 29.9. The van der Waals surface area contributed by atoms with E-state index < -0.39 is 47.7 Å². The molecule has 0 amide bonds. The van der Waals surface area contributed by atoms with E-state index in [-0.39, 0.29) is 11.6 Å². The molecule has 290 valence electrons. The van der Waals surface area contributed by atoms with Gasteiger partial charge in [-0.25, -0.2) is 0 Å². The van der Waals surface area contributed by atoms with Gasteiger partial charge in [-0.15, -0.1) is 0 Å². The second-order valence-electron chi connectivity index (χ2n) is 11.7. The van der Waals surface area contributed by atoms with Crippen molar-refractivity contribution in [2.45, 2.75) is 65.0 Å². The smallest absolute Gasteiger partial charge is 0.433 e. The quantitative estimate of drug-likeness (QED) is 0.0737. The molecule has 2 aromatic heterocycles. The van der Waals surface area contributed by atoms with Crippen molar-refractivity contribution in [1.29, 1.82) is 0 Å². The molecule has 4 aromatic rings. The van der Waals surface area contributed by atoms with Crippen LogP contribution in [0.3, 0.4) is 0 Å². The fourth-order valence-corrected chi connectivity index (χ4v) is 5.89. The predicted octanol–water partition coefficient (Wildman–Crippen LogP) is 9.95. The summed E-state index contributed by atoms with van der Waals surface area (Å²) in [6.07, 6.45) is -6.65. The molecule has 0 aliphatic heterocycles. The third-order valence-electron chi connectivity index (χ3n) is 7.54. The third kappa shape index (κ3) is 13.5. The lowest BCUT2D eigenvalue weighted by molar-refractivity contribution is -0.145. The Morgan fingerprint density at radius 3 is 1.69 bits per heavy atom. The highest BCUT2D eigenvalue weighted by molar-refractivity contribution is 9.10. The molecule has 0 aliphatic rings. The van der Waals surface area contributed by atoms with Crippen LogP contribution in [0.5, 0.6) is 0 Å². The zero-order valence-corrected chi connectivity index (χ0v) is 33.1. The number of carbonyl (C=O) groups excluding carboxylic acids is 3. The summed E-state index contributed by atoms with van der Waals surface area (Å²) in [5.41, 5.74) is 6.88. The number of hydrogen-bond acceptors (Lipinski definition) is 8. The maximum Gasteiger partial charge on any atom is 0.433 e. The average molecular weight is 889 g/mol. The van der Waals surface area contributed by atoms with Crippen molar-refractivity contribution in [3.63, 3.8) is 0 Å². The Labute approximate surface area is 325 Å². The van der Waals surface area contributed by atoms with Gasteiger partial charge in [-0.05, 0) is 87.7 Å². The largest absolute Gasteiger partial charge is 0.468 e. The number of Topliss-reactive ketones (excluding diaryl/α,β-unsaturated/α-hetero) is 2. The van der Waals surface area contributed by atoms with Gasteiger partial charge in [0.25, 0.3) is 0 Å². The zero-order chi connectivity index (χ0) is 41.0. The van der Waals surface area contributed by atoms with Crippen molar-refractivity contribution in [2.24, 2.45) is 5.73 Å². The number of nitrogens with one attached hydrogen (secondary N) is 1. The minimum Gasteiger partial charge on any atom is -0.468 e. The minimum atomic E-state index is -4.50. The fraction of sp³-hybridized carbons (Fsp3) is 0.289. The molecule has 3 N–H and O–H groups in total. The number of allylic oxidation sites excluding steroid dienone is 2. The standard InChI is InChI=1S/C19H18BrF3N2O.C11H11BrO3.C8H9F3N2/c1-11(14-8-9-24-17(10-14)19(21,22)23)25-12(2)18(13(3)26)15-6-4-5-7-16(15)20;1-7(13)10(11(14)15-2)8-5-3-4-6-9(8)12;1-5(12)6-2-3-13-7(4-6)8(9,10)11/h4-11,25H,1-3H3;3-6,10H,1-2H3;2-5H,12H2,1H3/b18-12+;;. The number of hydrogen-bond donors (Lipinski definition) is 2. The maximum atomic E-state index is 12.9. The number of pyridine rings is 2. The van der Waals surface area contributed by atoms with Crippen LogP contribution < -0.4 is 11.1 Å². The van der Waals surface area contributed by atoms with Crippen LogP contribution >= 0.6 is 31.9 Å². The lowest BCUT2D eigenvalue weighted by Gasteiger charge is -2.20. The van der Waals surface area contributed by atoms with Crippen LogP contribution in [0.15, 0.2) is 99.8 Å². The van der Waals surface area contributed by atoms with E-state index in [9.17, 15) is 40.7 Å². The number of ether oxygens (including phenoxy) is 1. The topological polar surface area (TPSA) is 124 Å². The van der Waals surface area contributed by atoms with Gasteiger partial charge in [-0.3, -0.25) is 24.4 Å². The monoisotopic (exact) mass is 886 g/mol. The predicted molar refractivity (Wildman–Crippen MR) is 200 cm³/mol. The minimum absolute atomic E-state index is 0.139. The van der Waals surface area contributed by atoms with Gasteiger partial charge in [-0.1, -0.05) is 68.3 Å². The Hall–Kier alpha value is -4.41. The van der Waals surface area contributed by atoms with Crippen LogP contribution in [0.25, 0.3) is 5.57 Å². The molecule has 4 rings (SSSR count). The average Bonchev–Trinajstić information content (AvgIpc) is 3.09. The number of benzene rings is 2. The maximum absolute atomic E-state index is 12.9. The lowest BCUT2D eigenvalue weighted by Crippen LogP contribution is -2.21. The van der Waals surface area contributed by atoms with E-state index in [1.54, 1.807) is 39.0 Å². The number of nitrogens with two attached hydrogens (primary N) is 1. The van der Waals surface area contributed by atoms with E-state index >= 15 is 0 Å². The highest BCUT2D eigenvalue weighted by atomic mass is 79.9. The molecule has 3 atom stereocenters. The van der Waals surface area contributed by atoms with Gasteiger partial charge in [0.1, 0.15) is 23.1 Å². The molecule has 16 heteroatoms. The van der Waals surface area contributed by atoms with Crippen LogP contribution in [0, 0.1) is 0 Å². The van der Waals surface area contributed by atoms with Crippen LogP contribution in [-0.2, 0) is 31.5 Å². The van der Waals surface area contributed by atoms with E-state index in [0.717, 1.165) is 39.0 Å². The number of carbonyl (C=O) groups is 3. The molecule has 0 fully saturated rings. The highest BCUT2D eigenvalue weighted by Gasteiger charge is 2.33. The summed E-state index contributed by atoms with van der Waals surface area (Å²) in [5.74, 6) is -1.74. The Bertz CT molecular complexity index is 1950. The summed E-state index contributed by atoms with van der Waals surface area (Å²) < 4.78 is 81.0. The summed E-state index contributed by atoms with van der Waals surface area (Å²) in [6.45, 7) is 7.92. The molecule has 0 bridgehead atoms. The highest BCUT2D eigenvalue weighted by Crippen LogP contribution is 2.32. The molecular weight excluding hydrogens is 850 g/mol. The van der Waals surface area contributed by atoms with Crippen molar-refractivity contribution in [2.75, 3.05) is 7.11 Å². The number of rotatable bonds is 9. The van der Waals surface area contributed by atoms with Gasteiger partial charge in [0.2, 0.25) is 0 Å². The Morgan fingerprint density at radius 1 is 0.759 bits per heavy atom. The number of alkyl halides is 6. The van der Waals surface area contributed by atoms with Crippen molar-refractivity contribution in [3.05, 3.63) is 133 Å². The Balaban J connectivity index is 0.000000305. The van der Waals surface area contributed by atoms with Crippen LogP contribution in [0.2, 0.25) is 0 Å². The van der Waals surface area contributed by atoms with Gasteiger partial charge in [0, 0.05) is 50.3 Å². The fourth-order valence-electron chi connectivity index (χ4n) is 4.90. The van der Waals surface area contributed by atoms with Crippen molar-refractivity contribution in [3.8, 4) is 0 Å². The van der Waals surface area contributed by atoms with Gasteiger partial charge in [0.05, 0.1) is 7.11 Å². The van der Waals surface area contributed by atoms with Gasteiger partial charge < -0.3 is 15.8 Å². The van der Waals surface area contributed by atoms with Gasteiger partial charge in [0.15, 0.2) is 5.78 Å². The Kier molecular flexibility index (Phi) is 17.2. The molecule has 3 unspecified atom stereocenters. The van der Waals surface area contributed by atoms with E-state index in [4.69, 9.17) is 5.73 Å². The number of aromatic nitrogens is 2. The first-order valence-corrected chi connectivity index (χ1v) is 17.6. The summed E-state index contributed by atoms with van der Waals surface area (Å²) in [4.78, 5) is 41.6. The third-order valence-corrected chi connectivity index (χ3v) is 8.95. The summed E-state index contributed by atoms with van der Waals surface area (Å²) in [5, 5.41) is 3.12. The number of methoxy groups -OCH3 is 1. The number of ketones is 2. The molecule has 0 saturated carbocycles. The first kappa shape index (κ1) is 45.7. The lowest BCUT2D eigenvalue weighted by atomic mass is 9.96. The first-order valence-electron chi connectivity index (χ1n) is 16.0. The molecule has 0 aliphatic carbocycles. The van der Waals surface area contributed by atoms with E-state index in [1.807, 2.05) is 30.3 Å². The molecule has 0 radical (unpaired) electrons. The molecule has 8 nitrogen and oxygen atoms in total. The van der Waals surface area contributed by atoms with Gasteiger partial charge in [-0.2, -0.15) is 26.3 Å². The molecular formula is C38H38Br2F6N4O4. The normalized spacial score (nSPS) is 13.4. The first-order chi connectivity index (χ1) is 25.1. The number of halogens is 8. The van der Waals surface area contributed by atoms with E-state index in [0.29, 0.717) is 28.0 Å². The second kappa shape index (κ2) is 20.3. The molecule has 0 spiro atoms. The summed E-state index contributed by atoms with van der Waals surface area (Å²) in [7, 11) is 1.27. The van der Waals surface area contributed by atoms with Crippen LogP contribution in [0.4, 0.5) is 26.3 Å². The van der Waals surface area contributed by atoms with Crippen molar-refractivity contribution in [1.82, 2.24) is 15.3 Å². The Morgan fingerprint density at radius 2 is 1.24 bits per heavy atom. The number of esters is 1. The molecule has 0 saturated heterocycles. The SMILES string of the molecule is CC(=O)/C(=C(/C)NC(C)c1ccnc(C(F)(F)F)c1)c1ccccc1Br.CC(N)c1ccnc(C(F)(F)F)c1.COC(=O)C(C(C)=O)c1ccccc1Br. The number of nitrogens with zero attached hydrogens (tertiary/aromatic N) is 2. The van der Waals surface area contributed by atoms with E-state index in [1.165, 1.54) is 33.1 Å². The van der Waals surface area contributed by atoms with E-state index in [2.05, 4.69) is 51.9 Å². The second-order valence-corrected chi connectivity index (χ2v) is 13.4. The van der Waals surface area contributed by atoms with Crippen molar-refractivity contribution < 1.29 is 45.5 Å². The molecule has 2 heterocycles. The summed E-state index contributed by atoms with van der Waals surface area (Å²) in [6, 6.07) is 18.5. The van der Waals surface area contributed by atoms with Crippen LogP contribution in [0.1, 0.15) is 86.3 Å². The molecule has 2 aromatic carbocycles. The van der Waals surface area contributed by atoms with Crippen LogP contribution in [-0.4, -0.2) is 34.6 Å². The summed E-state index contributed by atoms with van der Waals surface area (Å²) >= 11 is 6.73. The van der Waals surface area contributed by atoms with Gasteiger partial charge >= 0.3 is 18.3 Å². The molecule has 54 heavy (non-hydrogen) atoms.